The van der Waals surface area contributed by atoms with E-state index in [0.717, 1.165) is 63.7 Å². The maximum Gasteiger partial charge on any atom is 0.317 e. The van der Waals surface area contributed by atoms with Crippen LogP contribution in [-0.2, 0) is 17.9 Å². The van der Waals surface area contributed by atoms with E-state index in [2.05, 4.69) is 21.4 Å². The van der Waals surface area contributed by atoms with Crippen molar-refractivity contribution in [2.75, 3.05) is 0 Å². The molecule has 8 aliphatic carbocycles. The van der Waals surface area contributed by atoms with E-state index in [-0.39, 0.29) is 16.7 Å². The standard InChI is InChI=1S/C10H13ClO.C10H14O2.Cl2O2S/c11-10-3-6-1-7(4-10)9(12)8(2-6)5-10;11-9-7-1-6-2-8(9)5-10(12,3-6)4-7;1-5(2,3)4/h6-8H,1-5H2;6-8,12H,1-5H2;. The van der Waals surface area contributed by atoms with Gasteiger partial charge in [-0.3, -0.25) is 9.59 Å². The van der Waals surface area contributed by atoms with Crippen LogP contribution < -0.4 is 0 Å². The first kappa shape index (κ1) is 22.3. The van der Waals surface area contributed by atoms with Gasteiger partial charge in [-0.05, 0) is 76.0 Å². The molecule has 0 spiro atoms. The summed E-state index contributed by atoms with van der Waals surface area (Å²) in [6.07, 6.45) is 10.0. The molecule has 0 aromatic heterocycles. The third-order valence-corrected chi connectivity index (χ3v) is 8.34. The van der Waals surface area contributed by atoms with E-state index >= 15 is 0 Å². The highest BCUT2D eigenvalue weighted by molar-refractivity contribution is 8.31. The number of Topliss-reactive ketones (excluding diaryl/α,β-unsaturated/α-hetero) is 2. The number of carbonyl (C=O) groups is 2. The van der Waals surface area contributed by atoms with Crippen LogP contribution >= 0.6 is 33.0 Å². The number of halogens is 3. The molecule has 4 atom stereocenters. The summed E-state index contributed by atoms with van der Waals surface area (Å²) in [4.78, 5) is 23.3. The Balaban J connectivity index is 0.000000116. The second kappa shape index (κ2) is 7.61. The molecule has 29 heavy (non-hydrogen) atoms. The van der Waals surface area contributed by atoms with Gasteiger partial charge in [0, 0.05) is 49.9 Å². The highest BCUT2D eigenvalue weighted by atomic mass is 36.0. The summed E-state index contributed by atoms with van der Waals surface area (Å²) in [6.45, 7) is 0. The van der Waals surface area contributed by atoms with Gasteiger partial charge in [-0.2, -0.15) is 8.42 Å². The highest BCUT2D eigenvalue weighted by Crippen LogP contribution is 2.57. The Morgan fingerprint density at radius 2 is 1.07 bits per heavy atom. The van der Waals surface area contributed by atoms with Crippen LogP contribution in [0.25, 0.3) is 0 Å². The first-order valence-corrected chi connectivity index (χ1v) is 14.0. The summed E-state index contributed by atoms with van der Waals surface area (Å²) >= 11 is 6.44. The number of hydrogen-bond donors (Lipinski definition) is 1. The van der Waals surface area contributed by atoms with Crippen molar-refractivity contribution in [1.82, 2.24) is 0 Å². The van der Waals surface area contributed by atoms with E-state index in [1.807, 2.05) is 0 Å². The van der Waals surface area contributed by atoms with Crippen LogP contribution in [0.5, 0.6) is 0 Å². The Bertz CT molecular complexity index is 717. The quantitative estimate of drug-likeness (QED) is 0.410. The summed E-state index contributed by atoms with van der Waals surface area (Å²) in [5.74, 6) is 3.55. The maximum absolute atomic E-state index is 11.7. The lowest BCUT2D eigenvalue weighted by atomic mass is 9.54. The van der Waals surface area contributed by atoms with Crippen LogP contribution in [0.15, 0.2) is 0 Å². The molecule has 4 unspecified atom stereocenters. The molecule has 0 aromatic carbocycles. The summed E-state index contributed by atoms with van der Waals surface area (Å²) < 4.78 is 18.3. The molecule has 0 aromatic rings. The molecular formula is C20H27Cl3O5S. The monoisotopic (exact) mass is 484 g/mol. The number of carbonyl (C=O) groups excluding carboxylic acids is 2. The van der Waals surface area contributed by atoms with Gasteiger partial charge in [0.25, 0.3) is 0 Å². The Hall–Kier alpha value is 0.120. The predicted octanol–water partition coefficient (Wildman–Crippen LogP) is 4.21. The van der Waals surface area contributed by atoms with Crippen molar-refractivity contribution in [3.63, 3.8) is 0 Å². The largest absolute Gasteiger partial charge is 0.390 e. The van der Waals surface area contributed by atoms with Crippen molar-refractivity contribution in [2.24, 2.45) is 35.5 Å². The number of hydrogen-bond acceptors (Lipinski definition) is 5. The van der Waals surface area contributed by atoms with E-state index in [1.54, 1.807) is 0 Å². The van der Waals surface area contributed by atoms with E-state index in [9.17, 15) is 14.7 Å². The number of aliphatic hydroxyl groups is 1. The number of alkyl halides is 1. The fraction of sp³-hybridized carbons (Fsp3) is 0.900. The molecular weight excluding hydrogens is 459 g/mol. The molecule has 164 valence electrons. The van der Waals surface area contributed by atoms with Gasteiger partial charge in [0.2, 0.25) is 0 Å². The first-order chi connectivity index (χ1) is 13.3. The van der Waals surface area contributed by atoms with Crippen molar-refractivity contribution in [2.45, 2.75) is 74.7 Å². The maximum atomic E-state index is 11.7. The smallest absolute Gasteiger partial charge is 0.317 e. The molecule has 8 bridgehead atoms. The van der Waals surface area contributed by atoms with Gasteiger partial charge in [-0.1, -0.05) is 0 Å². The van der Waals surface area contributed by atoms with Gasteiger partial charge < -0.3 is 5.11 Å². The van der Waals surface area contributed by atoms with E-state index in [1.165, 1.54) is 6.42 Å². The molecule has 9 heteroatoms. The van der Waals surface area contributed by atoms with Crippen LogP contribution in [0.2, 0.25) is 0 Å². The lowest BCUT2D eigenvalue weighted by Gasteiger charge is -2.53. The molecule has 0 radical (unpaired) electrons. The van der Waals surface area contributed by atoms with Gasteiger partial charge in [0.15, 0.2) is 0 Å². The van der Waals surface area contributed by atoms with E-state index in [4.69, 9.17) is 20.0 Å². The Morgan fingerprint density at radius 3 is 1.41 bits per heavy atom. The fourth-order valence-corrected chi connectivity index (χ4v) is 7.95. The topological polar surface area (TPSA) is 88.5 Å². The molecule has 0 saturated heterocycles. The van der Waals surface area contributed by atoms with Crippen molar-refractivity contribution >= 4 is 52.8 Å². The van der Waals surface area contributed by atoms with Crippen LogP contribution in [0.1, 0.15) is 64.2 Å². The zero-order chi connectivity index (χ0) is 21.2. The minimum atomic E-state index is -3.72. The minimum absolute atomic E-state index is 0.0322. The van der Waals surface area contributed by atoms with Crippen LogP contribution in [0.4, 0.5) is 0 Å². The molecule has 8 rings (SSSR count). The van der Waals surface area contributed by atoms with Crippen LogP contribution in [0.3, 0.4) is 0 Å². The lowest BCUT2D eigenvalue weighted by Crippen LogP contribution is -2.54. The van der Waals surface area contributed by atoms with E-state index in [0.29, 0.717) is 29.3 Å². The minimum Gasteiger partial charge on any atom is -0.390 e. The Labute approximate surface area is 185 Å². The summed E-state index contributed by atoms with van der Waals surface area (Å²) in [5.41, 5.74) is -0.440. The van der Waals surface area contributed by atoms with Crippen molar-refractivity contribution in [3.8, 4) is 0 Å². The molecule has 8 saturated carbocycles. The summed E-state index contributed by atoms with van der Waals surface area (Å²) in [5, 5.41) is 10.1. The molecule has 0 heterocycles. The SMILES string of the molecule is O=C1C2CC3CC1CC(Cl)(C3)C2.O=C1C2CC3CC1CC(O)(C3)C2.O=S(=O)(Cl)Cl. The van der Waals surface area contributed by atoms with Crippen LogP contribution in [-0.4, -0.2) is 35.6 Å². The number of rotatable bonds is 0. The van der Waals surface area contributed by atoms with Gasteiger partial charge in [-0.15, -0.1) is 11.6 Å². The molecule has 8 aliphatic rings. The van der Waals surface area contributed by atoms with Crippen molar-refractivity contribution in [1.29, 1.82) is 0 Å². The molecule has 5 nitrogen and oxygen atoms in total. The number of ketones is 2. The molecule has 0 amide bonds. The second-order valence-electron chi connectivity index (χ2n) is 10.2. The van der Waals surface area contributed by atoms with Gasteiger partial charge in [-0.25, -0.2) is 0 Å². The lowest BCUT2D eigenvalue weighted by molar-refractivity contribution is -0.161. The first-order valence-electron chi connectivity index (χ1n) is 10.5. The average molecular weight is 486 g/mol. The van der Waals surface area contributed by atoms with Gasteiger partial charge >= 0.3 is 8.26 Å². The predicted molar refractivity (Wildman–Crippen MR) is 111 cm³/mol. The van der Waals surface area contributed by atoms with Crippen LogP contribution in [0, 0.1) is 35.5 Å². The van der Waals surface area contributed by atoms with Gasteiger partial charge in [0.05, 0.1) is 5.60 Å². The Kier molecular flexibility index (Phi) is 5.86. The fourth-order valence-electron chi connectivity index (χ4n) is 7.36. The third kappa shape index (κ3) is 4.97. The van der Waals surface area contributed by atoms with Crippen molar-refractivity contribution in [3.05, 3.63) is 0 Å². The van der Waals surface area contributed by atoms with Crippen molar-refractivity contribution < 1.29 is 23.1 Å². The third-order valence-electron chi connectivity index (χ3n) is 7.88. The highest BCUT2D eigenvalue weighted by Gasteiger charge is 2.55. The normalized spacial score (nSPS) is 48.7. The van der Waals surface area contributed by atoms with E-state index < -0.39 is 13.9 Å². The molecule has 8 fully saturated rings. The van der Waals surface area contributed by atoms with Gasteiger partial charge in [0.1, 0.15) is 11.6 Å². The summed E-state index contributed by atoms with van der Waals surface area (Å²) in [6, 6.07) is 0. The average Bonchev–Trinajstić information content (AvgIpc) is 2.53. The Morgan fingerprint density at radius 1 is 0.724 bits per heavy atom. The molecule has 1 N–H and O–H groups in total. The second-order valence-corrected chi connectivity index (χ2v) is 14.7. The zero-order valence-corrected chi connectivity index (χ0v) is 19.2. The summed E-state index contributed by atoms with van der Waals surface area (Å²) in [7, 11) is 4.81. The molecule has 0 aliphatic heterocycles. The zero-order valence-electron chi connectivity index (χ0n) is 16.2.